The number of allylic oxidation sites excluding steroid dienone is 2. The molecular weight excluding hydrogens is 285 g/mol. The van der Waals surface area contributed by atoms with Gasteiger partial charge in [-0.05, 0) is 23.1 Å². The molecule has 0 unspecified atom stereocenters. The first-order valence-electron chi connectivity index (χ1n) is 6.57. The van der Waals surface area contributed by atoms with Gasteiger partial charge in [0.1, 0.15) is 12.4 Å². The van der Waals surface area contributed by atoms with E-state index >= 15 is 0 Å². The van der Waals surface area contributed by atoms with Crippen molar-refractivity contribution in [2.24, 2.45) is 0 Å². The summed E-state index contributed by atoms with van der Waals surface area (Å²) in [6, 6.07) is 19.3. The lowest BCUT2D eigenvalue weighted by Crippen LogP contribution is -2.15. The number of hydrogen-bond acceptors (Lipinski definition) is 3. The molecule has 1 aliphatic rings. The van der Waals surface area contributed by atoms with E-state index in [1.165, 1.54) is 11.9 Å². The van der Waals surface area contributed by atoms with Crippen molar-refractivity contribution >= 4 is 22.4 Å². The first kappa shape index (κ1) is 13.8. The molecule has 0 bridgehead atoms. The van der Waals surface area contributed by atoms with Crippen LogP contribution in [0.2, 0.25) is 0 Å². The van der Waals surface area contributed by atoms with Crippen molar-refractivity contribution < 1.29 is 9.50 Å². The highest BCUT2D eigenvalue weighted by Gasteiger charge is 2.24. The smallest absolute Gasteiger partial charge is 0.147 e. The Morgan fingerprint density at radius 3 is 2.05 bits per heavy atom. The Morgan fingerprint density at radius 2 is 1.48 bits per heavy atom. The van der Waals surface area contributed by atoms with Crippen LogP contribution in [0.5, 0.6) is 0 Å². The van der Waals surface area contributed by atoms with Gasteiger partial charge in [-0.15, -0.1) is 0 Å². The molecule has 4 heteroatoms. The molecule has 0 atom stereocenters. The number of alkyl halides is 1. The quantitative estimate of drug-likeness (QED) is 0.816. The van der Waals surface area contributed by atoms with E-state index in [0.717, 1.165) is 16.0 Å². The van der Waals surface area contributed by atoms with Crippen molar-refractivity contribution in [3.05, 3.63) is 83.2 Å². The van der Waals surface area contributed by atoms with Gasteiger partial charge in [-0.25, -0.2) is 4.39 Å². The van der Waals surface area contributed by atoms with Gasteiger partial charge in [0.15, 0.2) is 0 Å². The second-order valence-electron chi connectivity index (χ2n) is 4.60. The van der Waals surface area contributed by atoms with Crippen molar-refractivity contribution in [1.82, 2.24) is 4.72 Å². The molecule has 1 heterocycles. The van der Waals surface area contributed by atoms with Crippen LogP contribution in [0.3, 0.4) is 0 Å². The molecule has 0 amide bonds. The lowest BCUT2D eigenvalue weighted by Gasteiger charge is -2.23. The Balaban J connectivity index is 2.22. The van der Waals surface area contributed by atoms with Crippen LogP contribution in [-0.2, 0) is 0 Å². The average Bonchev–Trinajstić information content (AvgIpc) is 2.56. The molecule has 0 radical (unpaired) electrons. The molecule has 2 aromatic carbocycles. The van der Waals surface area contributed by atoms with Gasteiger partial charge >= 0.3 is 0 Å². The van der Waals surface area contributed by atoms with Crippen LogP contribution in [-0.4, -0.2) is 11.8 Å². The zero-order valence-corrected chi connectivity index (χ0v) is 12.0. The lowest BCUT2D eigenvalue weighted by atomic mass is 9.99. The first-order valence-corrected chi connectivity index (χ1v) is 7.39. The highest BCUT2D eigenvalue weighted by atomic mass is 32.2. The van der Waals surface area contributed by atoms with Crippen LogP contribution in [0.4, 0.5) is 4.39 Å². The van der Waals surface area contributed by atoms with Gasteiger partial charge < -0.3 is 9.83 Å². The van der Waals surface area contributed by atoms with Crippen molar-refractivity contribution in [3.63, 3.8) is 0 Å². The minimum atomic E-state index is -0.725. The van der Waals surface area contributed by atoms with E-state index in [0.29, 0.717) is 5.57 Å². The van der Waals surface area contributed by atoms with Crippen LogP contribution >= 0.6 is 11.9 Å². The van der Waals surface area contributed by atoms with Crippen LogP contribution in [0.15, 0.2) is 72.1 Å². The fraction of sp³-hybridized carbons (Fsp3) is 0.0588. The third-order valence-electron chi connectivity index (χ3n) is 3.26. The third kappa shape index (κ3) is 2.67. The zero-order chi connectivity index (χ0) is 14.7. The Morgan fingerprint density at radius 1 is 0.905 bits per heavy atom. The molecule has 2 nitrogen and oxygen atoms in total. The van der Waals surface area contributed by atoms with Gasteiger partial charge in [0.05, 0.1) is 5.70 Å². The minimum absolute atomic E-state index is 0.0266. The Bertz CT molecular complexity index is 695. The van der Waals surface area contributed by atoms with Crippen molar-refractivity contribution in [2.45, 2.75) is 0 Å². The number of halogens is 1. The summed E-state index contributed by atoms with van der Waals surface area (Å²) in [6.07, 6.45) is 0. The summed E-state index contributed by atoms with van der Waals surface area (Å²) in [4.78, 5) is 0.886. The maximum atomic E-state index is 13.0. The molecule has 2 aromatic rings. The van der Waals surface area contributed by atoms with Crippen molar-refractivity contribution in [3.8, 4) is 0 Å². The molecule has 2 N–H and O–H groups in total. The first-order chi connectivity index (χ1) is 10.3. The number of aliphatic hydroxyl groups is 1. The predicted octanol–water partition coefficient (Wildman–Crippen LogP) is 4.55. The van der Waals surface area contributed by atoms with Crippen LogP contribution in [0.1, 0.15) is 11.1 Å². The summed E-state index contributed by atoms with van der Waals surface area (Å²) in [7, 11) is 0. The molecule has 0 aliphatic carbocycles. The number of benzene rings is 2. The normalized spacial score (nSPS) is 15.1. The number of aliphatic hydroxyl groups excluding tert-OH is 1. The van der Waals surface area contributed by atoms with Crippen molar-refractivity contribution in [1.29, 1.82) is 0 Å². The molecule has 0 saturated carbocycles. The number of hydrogen-bond donors (Lipinski definition) is 2. The molecule has 3 rings (SSSR count). The molecule has 106 valence electrons. The molecular formula is C17H14FNOS. The van der Waals surface area contributed by atoms with E-state index in [9.17, 15) is 9.50 Å². The number of nitrogens with one attached hydrogen (secondary N) is 1. The molecule has 0 saturated heterocycles. The van der Waals surface area contributed by atoms with Gasteiger partial charge in [-0.1, -0.05) is 60.7 Å². The van der Waals surface area contributed by atoms with Gasteiger partial charge in [-0.3, -0.25) is 0 Å². The number of rotatable bonds is 3. The lowest BCUT2D eigenvalue weighted by molar-refractivity contribution is 0.413. The minimum Gasteiger partial charge on any atom is -0.505 e. The molecule has 1 aliphatic heterocycles. The molecule has 21 heavy (non-hydrogen) atoms. The monoisotopic (exact) mass is 299 g/mol. The third-order valence-corrected chi connectivity index (χ3v) is 4.25. The van der Waals surface area contributed by atoms with Gasteiger partial charge in [0, 0.05) is 10.5 Å². The maximum Gasteiger partial charge on any atom is 0.147 e. The van der Waals surface area contributed by atoms with E-state index in [2.05, 4.69) is 4.72 Å². The fourth-order valence-corrected chi connectivity index (χ4v) is 3.17. The standard InChI is InChI=1S/C17H14FNOS/c18-11-14-16(20)15(12-7-3-1-4-8-12)17(21-19-14)13-9-5-2-6-10-13/h1-10,19-20H,11H2. The second-order valence-corrected chi connectivity index (χ2v) is 5.42. The molecule has 0 spiro atoms. The van der Waals surface area contributed by atoms with Crippen molar-refractivity contribution in [2.75, 3.05) is 6.67 Å². The van der Waals surface area contributed by atoms with E-state index < -0.39 is 6.67 Å². The summed E-state index contributed by atoms with van der Waals surface area (Å²) in [6.45, 7) is -0.725. The van der Waals surface area contributed by atoms with E-state index in [-0.39, 0.29) is 11.5 Å². The van der Waals surface area contributed by atoms with E-state index in [1.807, 2.05) is 60.7 Å². The summed E-state index contributed by atoms with van der Waals surface area (Å²) in [5.74, 6) is -0.0266. The van der Waals surface area contributed by atoms with E-state index in [4.69, 9.17) is 0 Å². The highest BCUT2D eigenvalue weighted by molar-refractivity contribution is 8.07. The summed E-state index contributed by atoms with van der Waals surface area (Å²) in [5.41, 5.74) is 2.73. The van der Waals surface area contributed by atoms with Crippen LogP contribution in [0.25, 0.3) is 10.5 Å². The molecule has 0 aromatic heterocycles. The van der Waals surface area contributed by atoms with Crippen LogP contribution in [0, 0.1) is 0 Å². The van der Waals surface area contributed by atoms with Gasteiger partial charge in [-0.2, -0.15) is 0 Å². The van der Waals surface area contributed by atoms with E-state index in [1.54, 1.807) is 0 Å². The summed E-state index contributed by atoms with van der Waals surface area (Å²) < 4.78 is 15.9. The Kier molecular flexibility index (Phi) is 3.97. The summed E-state index contributed by atoms with van der Waals surface area (Å²) >= 11 is 1.33. The van der Waals surface area contributed by atoms with Crippen LogP contribution < -0.4 is 4.72 Å². The second kappa shape index (κ2) is 6.06. The van der Waals surface area contributed by atoms with Gasteiger partial charge in [0.2, 0.25) is 0 Å². The Labute approximate surface area is 127 Å². The summed E-state index contributed by atoms with van der Waals surface area (Å²) in [5, 5.41) is 10.4. The average molecular weight is 299 g/mol. The largest absolute Gasteiger partial charge is 0.505 e. The predicted molar refractivity (Wildman–Crippen MR) is 86.1 cm³/mol. The molecule has 0 fully saturated rings. The SMILES string of the molecule is OC1=C(CF)NSC(c2ccccc2)=C1c1ccccc1. The Hall–Kier alpha value is -2.20. The maximum absolute atomic E-state index is 13.0. The topological polar surface area (TPSA) is 32.3 Å². The highest BCUT2D eigenvalue weighted by Crippen LogP contribution is 2.41. The van der Waals surface area contributed by atoms with Gasteiger partial charge in [0.25, 0.3) is 0 Å². The fourth-order valence-electron chi connectivity index (χ4n) is 2.23. The zero-order valence-electron chi connectivity index (χ0n) is 11.2.